The van der Waals surface area contributed by atoms with E-state index < -0.39 is 28.4 Å². The van der Waals surface area contributed by atoms with Crippen LogP contribution in [0.2, 0.25) is 0 Å². The van der Waals surface area contributed by atoms with E-state index in [0.29, 0.717) is 24.5 Å². The first-order chi connectivity index (χ1) is 12.2. The Morgan fingerprint density at radius 3 is 2.54 bits per heavy atom. The lowest BCUT2D eigenvalue weighted by atomic mass is 10.0. The lowest BCUT2D eigenvalue weighted by molar-refractivity contribution is -0.154. The predicted octanol–water partition coefficient (Wildman–Crippen LogP) is 3.72. The fourth-order valence-electron chi connectivity index (χ4n) is 3.20. The maximum absolute atomic E-state index is 13.8. The molecule has 0 radical (unpaired) electrons. The summed E-state index contributed by atoms with van der Waals surface area (Å²) in [5.74, 6) is 0.296. The molecule has 0 fully saturated rings. The Kier molecular flexibility index (Phi) is 5.05. The molecule has 0 amide bonds. The molecule has 2 atom stereocenters. The van der Waals surface area contributed by atoms with Gasteiger partial charge in [0.15, 0.2) is 0 Å². The molecule has 0 aliphatic carbocycles. The molecule has 0 saturated carbocycles. The van der Waals surface area contributed by atoms with Crippen LogP contribution in [0, 0.1) is 0 Å². The van der Waals surface area contributed by atoms with E-state index in [1.165, 1.54) is 4.90 Å². The molecule has 8 heteroatoms. The molecule has 1 aromatic carbocycles. The first-order valence-electron chi connectivity index (χ1n) is 8.25. The predicted molar refractivity (Wildman–Crippen MR) is 99.4 cm³/mol. The highest BCUT2D eigenvalue weighted by Gasteiger charge is 2.62. The van der Waals surface area contributed by atoms with Gasteiger partial charge in [-0.3, -0.25) is 9.20 Å². The standard InChI is InChI=1S/C18H20F3N3OS/c1-13-10-14(8-9-22-13)11-16-23-17(26(2)25,18(19,20)21)12-24(16)15-6-4-3-5-7-15/h3-7,10H,8-9,11-12H2,1-2H3. The minimum absolute atomic E-state index is 0.288. The summed E-state index contributed by atoms with van der Waals surface area (Å²) in [4.78, 5) is 7.23. The van der Waals surface area contributed by atoms with Gasteiger partial charge in [-0.25, -0.2) is 4.99 Å². The van der Waals surface area contributed by atoms with Gasteiger partial charge in [-0.2, -0.15) is 13.2 Å². The summed E-state index contributed by atoms with van der Waals surface area (Å²) in [6.07, 6.45) is -0.755. The summed E-state index contributed by atoms with van der Waals surface area (Å²) in [7, 11) is -2.20. The Balaban J connectivity index is 2.03. The molecule has 2 unspecified atom stereocenters. The molecule has 1 aromatic rings. The number of benzene rings is 1. The lowest BCUT2D eigenvalue weighted by Gasteiger charge is -2.28. The van der Waals surface area contributed by atoms with Gasteiger partial charge in [-0.15, -0.1) is 0 Å². The van der Waals surface area contributed by atoms with Crippen LogP contribution in [0.4, 0.5) is 18.9 Å². The second kappa shape index (κ2) is 6.98. The third-order valence-corrected chi connectivity index (χ3v) is 5.98. The number of alkyl halides is 3. The monoisotopic (exact) mass is 383 g/mol. The molecule has 0 bridgehead atoms. The van der Waals surface area contributed by atoms with E-state index in [-0.39, 0.29) is 6.42 Å². The van der Waals surface area contributed by atoms with E-state index in [2.05, 4.69) is 9.98 Å². The van der Waals surface area contributed by atoms with Crippen molar-refractivity contribution < 1.29 is 17.4 Å². The Morgan fingerprint density at radius 1 is 1.27 bits per heavy atom. The fourth-order valence-corrected chi connectivity index (χ4v) is 4.07. The van der Waals surface area contributed by atoms with Crippen molar-refractivity contribution in [2.45, 2.75) is 30.8 Å². The molecule has 2 aliphatic rings. The lowest BCUT2D eigenvalue weighted by Crippen LogP contribution is -2.51. The van der Waals surface area contributed by atoms with E-state index >= 15 is 0 Å². The van der Waals surface area contributed by atoms with Gasteiger partial charge >= 0.3 is 6.18 Å². The van der Waals surface area contributed by atoms with Crippen LogP contribution >= 0.6 is 0 Å². The quantitative estimate of drug-likeness (QED) is 0.795. The van der Waals surface area contributed by atoms with Crippen LogP contribution in [0.1, 0.15) is 19.8 Å². The maximum atomic E-state index is 13.8. The molecule has 26 heavy (non-hydrogen) atoms. The van der Waals surface area contributed by atoms with Gasteiger partial charge in [0.05, 0.1) is 17.3 Å². The summed E-state index contributed by atoms with van der Waals surface area (Å²) in [5.41, 5.74) is 2.46. The topological polar surface area (TPSA) is 45.0 Å². The van der Waals surface area contributed by atoms with Gasteiger partial charge in [-0.05, 0) is 31.6 Å². The van der Waals surface area contributed by atoms with Crippen LogP contribution < -0.4 is 4.90 Å². The molecule has 2 aliphatic heterocycles. The Hall–Kier alpha value is -1.96. The van der Waals surface area contributed by atoms with E-state index in [0.717, 1.165) is 17.5 Å². The summed E-state index contributed by atoms with van der Waals surface area (Å²) >= 11 is 0. The first kappa shape index (κ1) is 18.8. The van der Waals surface area contributed by atoms with Crippen molar-refractivity contribution in [3.05, 3.63) is 42.0 Å². The van der Waals surface area contributed by atoms with Crippen LogP contribution in [0.5, 0.6) is 0 Å². The number of dihydropyridines is 1. The third-order valence-electron chi connectivity index (χ3n) is 4.57. The summed E-state index contributed by atoms with van der Waals surface area (Å²) < 4.78 is 53.5. The number of nitrogens with zero attached hydrogens (tertiary/aromatic N) is 3. The Labute approximate surface area is 153 Å². The van der Waals surface area contributed by atoms with Crippen molar-refractivity contribution >= 4 is 28.0 Å². The molecule has 4 nitrogen and oxygen atoms in total. The smallest absolute Gasteiger partial charge is 0.326 e. The van der Waals surface area contributed by atoms with Gasteiger partial charge in [0.25, 0.3) is 0 Å². The number of para-hydroxylation sites is 1. The third kappa shape index (κ3) is 3.47. The van der Waals surface area contributed by atoms with Crippen LogP contribution in [0.3, 0.4) is 0 Å². The van der Waals surface area contributed by atoms with Crippen molar-refractivity contribution in [3.8, 4) is 0 Å². The van der Waals surface area contributed by atoms with Crippen LogP contribution in [0.25, 0.3) is 0 Å². The van der Waals surface area contributed by atoms with Crippen LogP contribution in [0.15, 0.2) is 52.0 Å². The van der Waals surface area contributed by atoms with Gasteiger partial charge in [0.1, 0.15) is 5.84 Å². The minimum atomic E-state index is -4.69. The van der Waals surface area contributed by atoms with E-state index in [1.54, 1.807) is 30.3 Å². The minimum Gasteiger partial charge on any atom is -0.326 e. The zero-order valence-corrected chi connectivity index (χ0v) is 15.4. The highest BCUT2D eigenvalue weighted by Crippen LogP contribution is 2.42. The molecule has 0 N–H and O–H groups in total. The van der Waals surface area contributed by atoms with Gasteiger partial charge in [0, 0.05) is 30.6 Å². The molecule has 140 valence electrons. The van der Waals surface area contributed by atoms with Crippen molar-refractivity contribution in [1.82, 2.24) is 0 Å². The summed E-state index contributed by atoms with van der Waals surface area (Å²) in [6.45, 7) is 2.02. The number of allylic oxidation sites excluding steroid dienone is 1. The number of rotatable bonds is 4. The fraction of sp³-hybridized carbons (Fsp3) is 0.444. The molecular weight excluding hydrogens is 363 g/mol. The second-order valence-electron chi connectivity index (χ2n) is 6.44. The largest absolute Gasteiger partial charge is 0.427 e. The van der Waals surface area contributed by atoms with Gasteiger partial charge in [-0.1, -0.05) is 23.8 Å². The number of anilines is 1. The van der Waals surface area contributed by atoms with Crippen LogP contribution in [-0.2, 0) is 10.8 Å². The van der Waals surface area contributed by atoms with Gasteiger partial charge in [0.2, 0.25) is 4.87 Å². The molecule has 3 rings (SSSR count). The van der Waals surface area contributed by atoms with Crippen molar-refractivity contribution in [2.24, 2.45) is 9.98 Å². The van der Waals surface area contributed by atoms with Gasteiger partial charge < -0.3 is 4.90 Å². The normalized spacial score (nSPS) is 24.8. The highest BCUT2D eigenvalue weighted by atomic mass is 32.2. The SMILES string of the molecule is CC1=NCCC(CC2=NC(S(C)=O)(C(F)(F)F)CN2c2ccccc2)=C1. The van der Waals surface area contributed by atoms with E-state index in [9.17, 15) is 17.4 Å². The number of aliphatic imine (C=N–C) groups is 2. The number of amidine groups is 1. The first-order valence-corrected chi connectivity index (χ1v) is 9.81. The molecule has 0 aromatic heterocycles. The highest BCUT2D eigenvalue weighted by molar-refractivity contribution is 7.85. The molecule has 0 saturated heterocycles. The Morgan fingerprint density at radius 2 is 1.96 bits per heavy atom. The Bertz CT molecular complexity index is 802. The molecular formula is C18H20F3N3OS. The number of hydrogen-bond acceptors (Lipinski definition) is 4. The van der Waals surface area contributed by atoms with Crippen molar-refractivity contribution in [2.75, 3.05) is 24.2 Å². The molecule has 2 heterocycles. The van der Waals surface area contributed by atoms with Crippen molar-refractivity contribution in [1.29, 1.82) is 0 Å². The zero-order chi connectivity index (χ0) is 18.9. The number of halogens is 3. The van der Waals surface area contributed by atoms with E-state index in [1.807, 2.05) is 13.0 Å². The maximum Gasteiger partial charge on any atom is 0.427 e. The molecule has 0 spiro atoms. The summed E-state index contributed by atoms with van der Waals surface area (Å²) in [5, 5.41) is 0. The average molecular weight is 383 g/mol. The van der Waals surface area contributed by atoms with Crippen LogP contribution in [-0.4, -0.2) is 46.1 Å². The second-order valence-corrected chi connectivity index (χ2v) is 8.02. The van der Waals surface area contributed by atoms with E-state index in [4.69, 9.17) is 0 Å². The summed E-state index contributed by atoms with van der Waals surface area (Å²) in [6, 6.07) is 8.81. The van der Waals surface area contributed by atoms with Crippen molar-refractivity contribution in [3.63, 3.8) is 0 Å². The zero-order valence-electron chi connectivity index (χ0n) is 14.6. The average Bonchev–Trinajstić information content (AvgIpc) is 2.96. The number of hydrogen-bond donors (Lipinski definition) is 0.